The summed E-state index contributed by atoms with van der Waals surface area (Å²) in [6, 6.07) is -0.195. The van der Waals surface area contributed by atoms with Gasteiger partial charge in [0, 0.05) is 26.1 Å². The van der Waals surface area contributed by atoms with Crippen LogP contribution in [0.5, 0.6) is 0 Å². The number of hydrogen-bond donors (Lipinski definition) is 3. The highest BCUT2D eigenvalue weighted by molar-refractivity contribution is 5.73. The fraction of sp³-hybridized carbons (Fsp3) is 0.867. The summed E-state index contributed by atoms with van der Waals surface area (Å²) in [7, 11) is 0. The highest BCUT2D eigenvalue weighted by Crippen LogP contribution is 2.28. The van der Waals surface area contributed by atoms with Crippen LogP contribution in [0, 0.1) is 11.3 Å². The molecular weight excluding hydrogens is 272 g/mol. The van der Waals surface area contributed by atoms with Crippen molar-refractivity contribution in [1.29, 1.82) is 0 Å². The molecule has 0 aliphatic heterocycles. The molecule has 1 rings (SSSR count). The minimum absolute atomic E-state index is 0.0843. The quantitative estimate of drug-likeness (QED) is 0.509. The SMILES string of the molecule is CC(C)(CCNC(=O)NCCOCC1CC1)CCC(=O)O. The molecule has 0 heterocycles. The van der Waals surface area contributed by atoms with Gasteiger partial charge in [-0.15, -0.1) is 0 Å². The number of nitrogens with one attached hydrogen (secondary N) is 2. The Morgan fingerprint density at radius 2 is 1.86 bits per heavy atom. The van der Waals surface area contributed by atoms with Gasteiger partial charge in [0.15, 0.2) is 0 Å². The van der Waals surface area contributed by atoms with Crippen molar-refractivity contribution >= 4 is 12.0 Å². The fourth-order valence-corrected chi connectivity index (χ4v) is 1.92. The second kappa shape index (κ2) is 8.87. The molecule has 0 aromatic carbocycles. The highest BCUT2D eigenvalue weighted by Gasteiger charge is 2.21. The van der Waals surface area contributed by atoms with Crippen LogP contribution in [0.4, 0.5) is 4.79 Å². The predicted molar refractivity (Wildman–Crippen MR) is 80.2 cm³/mol. The van der Waals surface area contributed by atoms with Gasteiger partial charge >= 0.3 is 12.0 Å². The lowest BCUT2D eigenvalue weighted by Gasteiger charge is -2.23. The first-order chi connectivity index (χ1) is 9.89. The molecule has 1 aliphatic rings. The molecule has 0 unspecified atom stereocenters. The largest absolute Gasteiger partial charge is 0.481 e. The number of rotatable bonds is 11. The van der Waals surface area contributed by atoms with Crippen LogP contribution in [-0.2, 0) is 9.53 Å². The summed E-state index contributed by atoms with van der Waals surface area (Å²) in [6.07, 6.45) is 4.07. The maximum absolute atomic E-state index is 11.5. The number of carbonyl (C=O) groups excluding carboxylic acids is 1. The molecule has 0 spiro atoms. The molecular formula is C15H28N2O4. The van der Waals surface area contributed by atoms with Crippen molar-refractivity contribution in [1.82, 2.24) is 10.6 Å². The standard InChI is InChI=1S/C15H28N2O4/c1-15(2,6-5-13(18)19)7-8-16-14(20)17-9-10-21-11-12-3-4-12/h12H,3-11H2,1-2H3,(H,18,19)(H2,16,17,20). The van der Waals surface area contributed by atoms with Crippen molar-refractivity contribution < 1.29 is 19.4 Å². The monoisotopic (exact) mass is 300 g/mol. The van der Waals surface area contributed by atoms with Gasteiger partial charge in [-0.05, 0) is 37.0 Å². The van der Waals surface area contributed by atoms with Gasteiger partial charge in [-0.1, -0.05) is 13.8 Å². The number of carbonyl (C=O) groups is 2. The van der Waals surface area contributed by atoms with E-state index in [0.717, 1.165) is 18.9 Å². The molecule has 1 fully saturated rings. The van der Waals surface area contributed by atoms with Crippen molar-refractivity contribution in [3.63, 3.8) is 0 Å². The number of ether oxygens (including phenoxy) is 1. The number of urea groups is 1. The Bertz CT molecular complexity index is 341. The molecule has 21 heavy (non-hydrogen) atoms. The predicted octanol–water partition coefficient (Wildman–Crippen LogP) is 1.99. The number of carboxylic acid groups (broad SMARTS) is 1. The van der Waals surface area contributed by atoms with E-state index in [1.54, 1.807) is 0 Å². The molecule has 0 aromatic heterocycles. The molecule has 122 valence electrons. The number of amides is 2. The third-order valence-corrected chi connectivity index (χ3v) is 3.69. The van der Waals surface area contributed by atoms with Crippen LogP contribution >= 0.6 is 0 Å². The summed E-state index contributed by atoms with van der Waals surface area (Å²) < 4.78 is 5.42. The zero-order chi connectivity index (χ0) is 15.7. The summed E-state index contributed by atoms with van der Waals surface area (Å²) in [5.74, 6) is -0.0353. The topological polar surface area (TPSA) is 87.7 Å². The van der Waals surface area contributed by atoms with Gasteiger partial charge in [0.05, 0.1) is 6.61 Å². The van der Waals surface area contributed by atoms with E-state index in [2.05, 4.69) is 10.6 Å². The maximum Gasteiger partial charge on any atom is 0.314 e. The van der Waals surface area contributed by atoms with Gasteiger partial charge in [0.2, 0.25) is 0 Å². The van der Waals surface area contributed by atoms with Crippen LogP contribution in [0.1, 0.15) is 46.0 Å². The van der Waals surface area contributed by atoms with E-state index in [-0.39, 0.29) is 17.9 Å². The molecule has 2 amide bonds. The molecule has 0 bridgehead atoms. The van der Waals surface area contributed by atoms with Crippen LogP contribution in [0.15, 0.2) is 0 Å². The zero-order valence-corrected chi connectivity index (χ0v) is 13.1. The van der Waals surface area contributed by atoms with Crippen LogP contribution < -0.4 is 10.6 Å². The maximum atomic E-state index is 11.5. The average molecular weight is 300 g/mol. The van der Waals surface area contributed by atoms with Gasteiger partial charge in [-0.2, -0.15) is 0 Å². The van der Waals surface area contributed by atoms with E-state index < -0.39 is 5.97 Å². The molecule has 0 saturated heterocycles. The Labute approximate surface area is 126 Å². The van der Waals surface area contributed by atoms with Gasteiger partial charge in [-0.3, -0.25) is 4.79 Å². The molecule has 0 radical (unpaired) electrons. The summed E-state index contributed by atoms with van der Waals surface area (Å²) in [4.78, 5) is 22.1. The van der Waals surface area contributed by atoms with Crippen molar-refractivity contribution in [2.75, 3.05) is 26.3 Å². The summed E-state index contributed by atoms with van der Waals surface area (Å²) in [5, 5.41) is 14.2. The third kappa shape index (κ3) is 10.1. The van der Waals surface area contributed by atoms with Crippen LogP contribution in [0.2, 0.25) is 0 Å². The Morgan fingerprint density at radius 3 is 2.48 bits per heavy atom. The van der Waals surface area contributed by atoms with Gasteiger partial charge < -0.3 is 20.5 Å². The van der Waals surface area contributed by atoms with Crippen LogP contribution in [-0.4, -0.2) is 43.4 Å². The summed E-state index contributed by atoms with van der Waals surface area (Å²) in [6.45, 7) is 6.44. The van der Waals surface area contributed by atoms with Crippen LogP contribution in [0.3, 0.4) is 0 Å². The lowest BCUT2D eigenvalue weighted by Crippen LogP contribution is -2.38. The molecule has 1 aliphatic carbocycles. The molecule has 0 atom stereocenters. The van der Waals surface area contributed by atoms with E-state index in [9.17, 15) is 9.59 Å². The average Bonchev–Trinajstić information content (AvgIpc) is 3.20. The molecule has 0 aromatic rings. The van der Waals surface area contributed by atoms with Crippen molar-refractivity contribution in [3.05, 3.63) is 0 Å². The zero-order valence-electron chi connectivity index (χ0n) is 13.1. The summed E-state index contributed by atoms with van der Waals surface area (Å²) in [5.41, 5.74) is -0.0843. The normalized spacial score (nSPS) is 14.8. The van der Waals surface area contributed by atoms with Gasteiger partial charge in [0.25, 0.3) is 0 Å². The molecule has 1 saturated carbocycles. The molecule has 3 N–H and O–H groups in total. The fourth-order valence-electron chi connectivity index (χ4n) is 1.92. The van der Waals surface area contributed by atoms with Crippen LogP contribution in [0.25, 0.3) is 0 Å². The number of carboxylic acids is 1. The number of aliphatic carboxylic acids is 1. The third-order valence-electron chi connectivity index (χ3n) is 3.69. The Balaban J connectivity index is 1.96. The smallest absolute Gasteiger partial charge is 0.314 e. The first-order valence-corrected chi connectivity index (χ1v) is 7.70. The highest BCUT2D eigenvalue weighted by atomic mass is 16.5. The molecule has 6 heteroatoms. The summed E-state index contributed by atoms with van der Waals surface area (Å²) >= 11 is 0. The first-order valence-electron chi connectivity index (χ1n) is 7.70. The van der Waals surface area contributed by atoms with E-state index >= 15 is 0 Å². The van der Waals surface area contributed by atoms with Gasteiger partial charge in [-0.25, -0.2) is 4.79 Å². The van der Waals surface area contributed by atoms with E-state index in [0.29, 0.717) is 26.1 Å². The Kier molecular flexibility index (Phi) is 7.50. The van der Waals surface area contributed by atoms with E-state index in [1.807, 2.05) is 13.8 Å². The lowest BCUT2D eigenvalue weighted by atomic mass is 9.84. The van der Waals surface area contributed by atoms with Crippen molar-refractivity contribution in [2.45, 2.75) is 46.0 Å². The van der Waals surface area contributed by atoms with E-state index in [4.69, 9.17) is 9.84 Å². The minimum Gasteiger partial charge on any atom is -0.481 e. The second-order valence-corrected chi connectivity index (χ2v) is 6.51. The Morgan fingerprint density at radius 1 is 1.19 bits per heavy atom. The molecule has 6 nitrogen and oxygen atoms in total. The Hall–Kier alpha value is -1.30. The number of hydrogen-bond acceptors (Lipinski definition) is 3. The second-order valence-electron chi connectivity index (χ2n) is 6.51. The van der Waals surface area contributed by atoms with Crippen molar-refractivity contribution in [2.24, 2.45) is 11.3 Å². The first kappa shape index (κ1) is 17.8. The van der Waals surface area contributed by atoms with Crippen molar-refractivity contribution in [3.8, 4) is 0 Å². The van der Waals surface area contributed by atoms with Gasteiger partial charge in [0.1, 0.15) is 0 Å². The van der Waals surface area contributed by atoms with E-state index in [1.165, 1.54) is 12.8 Å². The minimum atomic E-state index is -0.778. The lowest BCUT2D eigenvalue weighted by molar-refractivity contribution is -0.137.